The van der Waals surface area contributed by atoms with Gasteiger partial charge in [0.1, 0.15) is 5.82 Å². The average molecular weight is 371 g/mol. The summed E-state index contributed by atoms with van der Waals surface area (Å²) in [6, 6.07) is 11.5. The van der Waals surface area contributed by atoms with Gasteiger partial charge in [-0.2, -0.15) is 0 Å². The molecule has 0 spiro atoms. The molecule has 0 bridgehead atoms. The van der Waals surface area contributed by atoms with Gasteiger partial charge in [-0.05, 0) is 48.7 Å². The SMILES string of the molecule is O=C(Nc1cccc(CCCBr)c1)c1ccc(Cl)cc1F. The maximum atomic E-state index is 13.7. The molecular weight excluding hydrogens is 357 g/mol. The molecule has 0 saturated heterocycles. The second-order valence-corrected chi connectivity index (χ2v) is 5.80. The molecule has 0 aliphatic rings. The van der Waals surface area contributed by atoms with Crippen molar-refractivity contribution >= 4 is 39.1 Å². The summed E-state index contributed by atoms with van der Waals surface area (Å²) in [5.41, 5.74) is 1.76. The molecule has 0 radical (unpaired) electrons. The van der Waals surface area contributed by atoms with Crippen LogP contribution < -0.4 is 5.32 Å². The first-order chi connectivity index (χ1) is 10.1. The van der Waals surface area contributed by atoms with Gasteiger partial charge in [0.05, 0.1) is 5.56 Å². The molecule has 0 unspecified atom stereocenters. The normalized spacial score (nSPS) is 10.4. The molecule has 0 aromatic heterocycles. The van der Waals surface area contributed by atoms with Crippen molar-refractivity contribution < 1.29 is 9.18 Å². The van der Waals surface area contributed by atoms with Gasteiger partial charge in [-0.3, -0.25) is 4.79 Å². The smallest absolute Gasteiger partial charge is 0.258 e. The predicted molar refractivity (Wildman–Crippen MR) is 87.9 cm³/mol. The Morgan fingerprint density at radius 1 is 1.24 bits per heavy atom. The van der Waals surface area contributed by atoms with Crippen molar-refractivity contribution in [3.63, 3.8) is 0 Å². The third-order valence-electron chi connectivity index (χ3n) is 2.96. The summed E-state index contributed by atoms with van der Waals surface area (Å²) in [7, 11) is 0. The van der Waals surface area contributed by atoms with E-state index in [1.807, 2.05) is 18.2 Å². The average Bonchev–Trinajstić information content (AvgIpc) is 2.45. The van der Waals surface area contributed by atoms with E-state index >= 15 is 0 Å². The number of rotatable bonds is 5. The summed E-state index contributed by atoms with van der Waals surface area (Å²) in [6.07, 6.45) is 1.94. The second kappa shape index (κ2) is 7.57. The van der Waals surface area contributed by atoms with Gasteiger partial charge in [-0.25, -0.2) is 4.39 Å². The van der Waals surface area contributed by atoms with Gasteiger partial charge in [0.2, 0.25) is 0 Å². The number of benzene rings is 2. The van der Waals surface area contributed by atoms with Crippen molar-refractivity contribution in [3.05, 3.63) is 64.4 Å². The Bertz CT molecular complexity index is 648. The highest BCUT2D eigenvalue weighted by Crippen LogP contribution is 2.18. The van der Waals surface area contributed by atoms with Gasteiger partial charge in [-0.15, -0.1) is 0 Å². The third kappa shape index (κ3) is 4.55. The van der Waals surface area contributed by atoms with Crippen molar-refractivity contribution in [1.82, 2.24) is 0 Å². The Kier molecular flexibility index (Phi) is 5.76. The fourth-order valence-electron chi connectivity index (χ4n) is 1.95. The molecule has 1 amide bonds. The van der Waals surface area contributed by atoms with E-state index in [1.165, 1.54) is 12.1 Å². The van der Waals surface area contributed by atoms with Crippen LogP contribution in [0.4, 0.5) is 10.1 Å². The van der Waals surface area contributed by atoms with Crippen molar-refractivity contribution in [2.24, 2.45) is 0 Å². The quantitative estimate of drug-likeness (QED) is 0.732. The van der Waals surface area contributed by atoms with Gasteiger partial charge < -0.3 is 5.32 Å². The Balaban J connectivity index is 2.12. The minimum atomic E-state index is -0.629. The lowest BCUT2D eigenvalue weighted by Crippen LogP contribution is -2.13. The Labute approximate surface area is 136 Å². The van der Waals surface area contributed by atoms with Crippen molar-refractivity contribution in [2.75, 3.05) is 10.6 Å². The van der Waals surface area contributed by atoms with Crippen molar-refractivity contribution in [2.45, 2.75) is 12.8 Å². The summed E-state index contributed by atoms with van der Waals surface area (Å²) < 4.78 is 13.7. The van der Waals surface area contributed by atoms with Crippen LogP contribution in [0.25, 0.3) is 0 Å². The molecule has 21 heavy (non-hydrogen) atoms. The minimum absolute atomic E-state index is 0.0229. The number of carbonyl (C=O) groups excluding carboxylic acids is 1. The Morgan fingerprint density at radius 3 is 2.76 bits per heavy atom. The van der Waals surface area contributed by atoms with Gasteiger partial charge in [0, 0.05) is 16.0 Å². The number of nitrogens with one attached hydrogen (secondary N) is 1. The van der Waals surface area contributed by atoms with E-state index < -0.39 is 11.7 Å². The molecule has 0 aliphatic carbocycles. The van der Waals surface area contributed by atoms with Gasteiger partial charge in [0.15, 0.2) is 0 Å². The zero-order valence-corrected chi connectivity index (χ0v) is 13.5. The maximum absolute atomic E-state index is 13.7. The largest absolute Gasteiger partial charge is 0.322 e. The first-order valence-electron chi connectivity index (χ1n) is 6.51. The lowest BCUT2D eigenvalue weighted by atomic mass is 10.1. The van der Waals surface area contributed by atoms with Crippen LogP contribution >= 0.6 is 27.5 Å². The fourth-order valence-corrected chi connectivity index (χ4v) is 2.39. The van der Waals surface area contributed by atoms with Crippen LogP contribution in [0.3, 0.4) is 0 Å². The highest BCUT2D eigenvalue weighted by Gasteiger charge is 2.12. The maximum Gasteiger partial charge on any atom is 0.258 e. The molecule has 2 nitrogen and oxygen atoms in total. The van der Waals surface area contributed by atoms with Gasteiger partial charge in [-0.1, -0.05) is 39.7 Å². The second-order valence-electron chi connectivity index (χ2n) is 4.57. The summed E-state index contributed by atoms with van der Waals surface area (Å²) in [6.45, 7) is 0. The lowest BCUT2D eigenvalue weighted by Gasteiger charge is -2.08. The first kappa shape index (κ1) is 16.0. The molecule has 2 aromatic rings. The van der Waals surface area contributed by atoms with Crippen LogP contribution in [0.1, 0.15) is 22.3 Å². The predicted octanol–water partition coefficient (Wildman–Crippen LogP) is 5.06. The molecule has 2 aromatic carbocycles. The number of anilines is 1. The Morgan fingerprint density at radius 2 is 2.05 bits per heavy atom. The van der Waals surface area contributed by atoms with Crippen LogP contribution in [0, 0.1) is 5.82 Å². The summed E-state index contributed by atoms with van der Waals surface area (Å²) >= 11 is 9.06. The molecule has 0 heterocycles. The van der Waals surface area contributed by atoms with Crippen LogP contribution in [-0.2, 0) is 6.42 Å². The summed E-state index contributed by atoms with van der Waals surface area (Å²) in [4.78, 5) is 12.1. The molecule has 110 valence electrons. The molecule has 0 aliphatic heterocycles. The van der Waals surface area contributed by atoms with Crippen LogP contribution in [-0.4, -0.2) is 11.2 Å². The van der Waals surface area contributed by atoms with Crippen LogP contribution in [0.15, 0.2) is 42.5 Å². The monoisotopic (exact) mass is 369 g/mol. The molecule has 0 saturated carbocycles. The van der Waals surface area contributed by atoms with Crippen molar-refractivity contribution in [1.29, 1.82) is 0 Å². The number of hydrogen-bond donors (Lipinski definition) is 1. The molecular formula is C16H14BrClFNO. The number of amides is 1. The van der Waals surface area contributed by atoms with Crippen molar-refractivity contribution in [3.8, 4) is 0 Å². The number of halogens is 3. The fraction of sp³-hybridized carbons (Fsp3) is 0.188. The summed E-state index contributed by atoms with van der Waals surface area (Å²) in [5.74, 6) is -1.11. The van der Waals surface area contributed by atoms with E-state index in [-0.39, 0.29) is 10.6 Å². The molecule has 0 fully saturated rings. The molecule has 2 rings (SSSR count). The minimum Gasteiger partial charge on any atom is -0.322 e. The number of hydrogen-bond acceptors (Lipinski definition) is 1. The lowest BCUT2D eigenvalue weighted by molar-refractivity contribution is 0.102. The molecule has 0 atom stereocenters. The topological polar surface area (TPSA) is 29.1 Å². The zero-order chi connectivity index (χ0) is 15.2. The first-order valence-corrected chi connectivity index (χ1v) is 8.01. The van der Waals surface area contributed by atoms with E-state index in [0.717, 1.165) is 29.8 Å². The van der Waals surface area contributed by atoms with E-state index in [0.29, 0.717) is 5.69 Å². The summed E-state index contributed by atoms with van der Waals surface area (Å²) in [5, 5.41) is 3.90. The van der Waals surface area contributed by atoms with Gasteiger partial charge >= 0.3 is 0 Å². The highest BCUT2D eigenvalue weighted by atomic mass is 79.9. The number of carbonyl (C=O) groups is 1. The van der Waals surface area contributed by atoms with Crippen LogP contribution in [0.5, 0.6) is 0 Å². The van der Waals surface area contributed by atoms with E-state index in [2.05, 4.69) is 21.2 Å². The third-order valence-corrected chi connectivity index (χ3v) is 3.76. The highest BCUT2D eigenvalue weighted by molar-refractivity contribution is 9.09. The molecule has 1 N–H and O–H groups in total. The molecule has 5 heteroatoms. The van der Waals surface area contributed by atoms with Crippen LogP contribution in [0.2, 0.25) is 5.02 Å². The Hall–Kier alpha value is -1.39. The standard InChI is InChI=1S/C16H14BrClFNO/c17-8-2-4-11-3-1-5-13(9-11)20-16(21)14-7-6-12(18)10-15(14)19/h1,3,5-7,9-10H,2,4,8H2,(H,20,21). The van der Waals surface area contributed by atoms with Gasteiger partial charge in [0.25, 0.3) is 5.91 Å². The van der Waals surface area contributed by atoms with E-state index in [1.54, 1.807) is 6.07 Å². The number of aryl methyl sites for hydroxylation is 1. The van der Waals surface area contributed by atoms with E-state index in [9.17, 15) is 9.18 Å². The zero-order valence-electron chi connectivity index (χ0n) is 11.2. The number of alkyl halides is 1. The van der Waals surface area contributed by atoms with E-state index in [4.69, 9.17) is 11.6 Å².